The van der Waals surface area contributed by atoms with Crippen molar-refractivity contribution in [2.24, 2.45) is 0 Å². The summed E-state index contributed by atoms with van der Waals surface area (Å²) in [5, 5.41) is 17.4. The Bertz CT molecular complexity index is 5350. The van der Waals surface area contributed by atoms with Gasteiger partial charge >= 0.3 is 0 Å². The van der Waals surface area contributed by atoms with E-state index < -0.39 is 0 Å². The summed E-state index contributed by atoms with van der Waals surface area (Å²) in [6.07, 6.45) is 9.16. The van der Waals surface area contributed by atoms with Gasteiger partial charge in [-0.15, -0.1) is 0 Å². The lowest BCUT2D eigenvalue weighted by molar-refractivity contribution is 0.660. The SMILES string of the molecule is CC1(C)c2cc(C=Cc3ccc4c5ccc(C=Cc6ccc7c(c6)C(C)(C)c6cc(N(c8ccc9ccccc9c8)c8ccc9ccccc9c8)ccc6-7)cc5c5ccccc5c4c3)ccc2-c2ccc(N(c3ccc4ccccc4c3)c3ccc4ccccc4c3)cc21. The number of anilines is 6. The van der Waals surface area contributed by atoms with Crippen LogP contribution < -0.4 is 9.80 Å². The Labute approximate surface area is 548 Å². The van der Waals surface area contributed by atoms with Gasteiger partial charge in [-0.1, -0.05) is 270 Å². The van der Waals surface area contributed by atoms with E-state index in [0.29, 0.717) is 0 Å². The quantitative estimate of drug-likeness (QED) is 0.0995. The van der Waals surface area contributed by atoms with E-state index in [9.17, 15) is 0 Å². The van der Waals surface area contributed by atoms with E-state index in [-0.39, 0.29) is 10.8 Å². The summed E-state index contributed by atoms with van der Waals surface area (Å²) in [4.78, 5) is 4.85. The van der Waals surface area contributed by atoms with Crippen LogP contribution in [0.1, 0.15) is 72.2 Å². The molecular weight excluding hydrogens is 1130 g/mol. The fourth-order valence-electron chi connectivity index (χ4n) is 15.7. The van der Waals surface area contributed by atoms with Gasteiger partial charge in [0.15, 0.2) is 0 Å². The summed E-state index contributed by atoms with van der Waals surface area (Å²) >= 11 is 0. The molecule has 94 heavy (non-hydrogen) atoms. The van der Waals surface area contributed by atoms with Crippen molar-refractivity contribution in [2.75, 3.05) is 9.80 Å². The second-order valence-electron chi connectivity index (χ2n) is 26.9. The predicted molar refractivity (Wildman–Crippen MR) is 404 cm³/mol. The first-order valence-corrected chi connectivity index (χ1v) is 32.9. The van der Waals surface area contributed by atoms with E-state index >= 15 is 0 Å². The number of hydrogen-bond acceptors (Lipinski definition) is 2. The average molecular weight is 1200 g/mol. The van der Waals surface area contributed by atoms with Crippen molar-refractivity contribution in [2.45, 2.75) is 38.5 Å². The molecule has 0 saturated carbocycles. The lowest BCUT2D eigenvalue weighted by Crippen LogP contribution is -2.16. The predicted octanol–water partition coefficient (Wildman–Crippen LogP) is 25.7. The molecule has 0 fully saturated rings. The molecule has 0 heterocycles. The van der Waals surface area contributed by atoms with Gasteiger partial charge < -0.3 is 9.80 Å². The van der Waals surface area contributed by atoms with E-state index in [1.807, 2.05) is 0 Å². The zero-order valence-corrected chi connectivity index (χ0v) is 53.1. The minimum atomic E-state index is -0.219. The highest BCUT2D eigenvalue weighted by Gasteiger charge is 2.38. The van der Waals surface area contributed by atoms with E-state index in [1.165, 1.54) is 142 Å². The topological polar surface area (TPSA) is 6.48 Å². The molecule has 0 radical (unpaired) electrons. The summed E-state index contributed by atoms with van der Waals surface area (Å²) in [5.41, 5.74) is 21.8. The molecule has 18 rings (SSSR count). The fourth-order valence-corrected chi connectivity index (χ4v) is 15.7. The molecule has 2 aliphatic carbocycles. The second-order valence-corrected chi connectivity index (χ2v) is 26.9. The van der Waals surface area contributed by atoms with Crippen LogP contribution in [0.15, 0.2) is 303 Å². The van der Waals surface area contributed by atoms with E-state index in [1.54, 1.807) is 0 Å². The van der Waals surface area contributed by atoms with Crippen LogP contribution in [0.4, 0.5) is 34.1 Å². The normalized spacial score (nSPS) is 13.6. The average Bonchev–Trinajstić information content (AvgIpc) is 1.49. The molecule has 2 nitrogen and oxygen atoms in total. The Morgan fingerprint density at radius 1 is 0.202 bits per heavy atom. The van der Waals surface area contributed by atoms with Crippen LogP contribution in [-0.4, -0.2) is 0 Å². The van der Waals surface area contributed by atoms with Crippen LogP contribution in [0.5, 0.6) is 0 Å². The maximum atomic E-state index is 2.44. The molecule has 444 valence electrons. The van der Waals surface area contributed by atoms with Gasteiger partial charge in [0.05, 0.1) is 0 Å². The van der Waals surface area contributed by atoms with Crippen LogP contribution in [-0.2, 0) is 10.8 Å². The van der Waals surface area contributed by atoms with Crippen LogP contribution in [0.3, 0.4) is 0 Å². The fraction of sp³-hybridized carbons (Fsp3) is 0.0652. The first-order chi connectivity index (χ1) is 46.0. The third-order valence-electron chi connectivity index (χ3n) is 20.7. The number of hydrogen-bond donors (Lipinski definition) is 0. The molecule has 0 aromatic heterocycles. The first-order valence-electron chi connectivity index (χ1n) is 32.9. The zero-order chi connectivity index (χ0) is 62.8. The van der Waals surface area contributed by atoms with Crippen LogP contribution in [0.25, 0.3) is 122 Å². The molecule has 0 amide bonds. The minimum absolute atomic E-state index is 0.219. The number of fused-ring (bicyclic) bond motifs is 16. The van der Waals surface area contributed by atoms with E-state index in [4.69, 9.17) is 0 Å². The van der Waals surface area contributed by atoms with Crippen molar-refractivity contribution in [3.63, 3.8) is 0 Å². The number of nitrogens with zero attached hydrogens (tertiary/aromatic N) is 2. The zero-order valence-electron chi connectivity index (χ0n) is 53.1. The number of rotatable bonds is 10. The molecule has 0 spiro atoms. The molecule has 0 atom stereocenters. The van der Waals surface area contributed by atoms with Gasteiger partial charge in [0.25, 0.3) is 0 Å². The van der Waals surface area contributed by atoms with Crippen molar-refractivity contribution >= 4 is 134 Å². The van der Waals surface area contributed by atoms with Crippen molar-refractivity contribution in [3.8, 4) is 22.3 Å². The molecule has 0 bridgehead atoms. The third kappa shape index (κ3) is 9.15. The molecule has 16 aromatic rings. The Hall–Kier alpha value is -11.6. The molecule has 0 unspecified atom stereocenters. The van der Waals surface area contributed by atoms with Crippen molar-refractivity contribution < 1.29 is 0 Å². The summed E-state index contributed by atoms with van der Waals surface area (Å²) in [6.45, 7) is 9.56. The monoisotopic (exact) mass is 1200 g/mol. The van der Waals surface area contributed by atoms with Gasteiger partial charge in [-0.25, -0.2) is 0 Å². The standard InChI is InChI=1S/C92H66N2/c1-91(2)87-51-61(31-45-81(87)83-47-41-75(57-89(83)91)93(71-37-33-63-15-5-9-19-67(63)53-71)72-38-34-64-16-6-10-20-68(64)54-72)27-25-59-29-43-79-80-44-30-60(50-86(80)78-24-14-13-23-77(78)85(79)49-59)26-28-62-32-46-82-84-48-42-76(58-90(84)92(3,4)88(82)52-62)94(73-39-35-65-17-7-11-21-69(65)55-73)74-40-36-66-18-8-12-22-70(66)56-74/h5-58H,1-4H3. The second kappa shape index (κ2) is 21.5. The Balaban J connectivity index is 0.622. The molecular formula is C92H66N2. The van der Waals surface area contributed by atoms with Crippen molar-refractivity contribution in [3.05, 3.63) is 348 Å². The minimum Gasteiger partial charge on any atom is -0.310 e. The Morgan fingerprint density at radius 3 is 0.787 bits per heavy atom. The summed E-state index contributed by atoms with van der Waals surface area (Å²) in [5.74, 6) is 0. The molecule has 2 aliphatic rings. The molecule has 0 N–H and O–H groups in total. The highest BCUT2D eigenvalue weighted by molar-refractivity contribution is 6.26. The molecule has 16 aromatic carbocycles. The first kappa shape index (κ1) is 55.3. The van der Waals surface area contributed by atoms with Crippen LogP contribution in [0, 0.1) is 0 Å². The third-order valence-corrected chi connectivity index (χ3v) is 20.7. The summed E-state index contributed by atoms with van der Waals surface area (Å²) in [6, 6.07) is 113. The van der Waals surface area contributed by atoms with Crippen LogP contribution >= 0.6 is 0 Å². The lowest BCUT2D eigenvalue weighted by Gasteiger charge is -2.28. The lowest BCUT2D eigenvalue weighted by atomic mass is 9.81. The Morgan fingerprint density at radius 2 is 0.447 bits per heavy atom. The molecule has 0 saturated heterocycles. The van der Waals surface area contributed by atoms with Gasteiger partial charge in [0.2, 0.25) is 0 Å². The maximum Gasteiger partial charge on any atom is 0.0468 e. The smallest absolute Gasteiger partial charge is 0.0468 e. The van der Waals surface area contributed by atoms with Crippen molar-refractivity contribution in [1.29, 1.82) is 0 Å². The van der Waals surface area contributed by atoms with Crippen molar-refractivity contribution in [1.82, 2.24) is 0 Å². The largest absolute Gasteiger partial charge is 0.310 e. The summed E-state index contributed by atoms with van der Waals surface area (Å²) < 4.78 is 0. The maximum absolute atomic E-state index is 2.44. The van der Waals surface area contributed by atoms with Gasteiger partial charge in [-0.3, -0.25) is 0 Å². The van der Waals surface area contributed by atoms with Gasteiger partial charge in [-0.2, -0.15) is 0 Å². The Kier molecular flexibility index (Phi) is 12.7. The van der Waals surface area contributed by atoms with Gasteiger partial charge in [-0.05, 0) is 227 Å². The highest BCUT2D eigenvalue weighted by atomic mass is 15.1. The van der Waals surface area contributed by atoms with E-state index in [2.05, 4.69) is 365 Å². The van der Waals surface area contributed by atoms with Gasteiger partial charge in [0.1, 0.15) is 0 Å². The van der Waals surface area contributed by atoms with Crippen LogP contribution in [0.2, 0.25) is 0 Å². The molecule has 0 aliphatic heterocycles. The summed E-state index contributed by atoms with van der Waals surface area (Å²) in [7, 11) is 0. The number of benzene rings is 16. The molecule has 2 heteroatoms. The van der Waals surface area contributed by atoms with E-state index in [0.717, 1.165) is 34.1 Å². The highest BCUT2D eigenvalue weighted by Crippen LogP contribution is 2.54. The van der Waals surface area contributed by atoms with Gasteiger partial charge in [0, 0.05) is 45.0 Å².